The summed E-state index contributed by atoms with van der Waals surface area (Å²) in [5, 5.41) is 3.27. The highest BCUT2D eigenvalue weighted by Gasteiger charge is 2.03. The summed E-state index contributed by atoms with van der Waals surface area (Å²) in [5.41, 5.74) is 3.34. The molecular formula is C18H21NOS. The van der Waals surface area contributed by atoms with Crippen LogP contribution in [0.5, 0.6) is 5.75 Å². The Labute approximate surface area is 132 Å². The lowest BCUT2D eigenvalue weighted by molar-refractivity contribution is 0.414. The Morgan fingerprint density at radius 1 is 1.14 bits per heavy atom. The monoisotopic (exact) mass is 299 g/mol. The molecule has 0 unspecified atom stereocenters. The Hall–Kier alpha value is -1.87. The molecule has 0 aliphatic rings. The van der Waals surface area contributed by atoms with Crippen LogP contribution in [-0.4, -0.2) is 12.1 Å². The topological polar surface area (TPSA) is 21.3 Å². The van der Waals surface area contributed by atoms with Crippen molar-refractivity contribution in [3.8, 4) is 5.75 Å². The van der Waals surface area contributed by atoms with Crippen LogP contribution < -0.4 is 10.1 Å². The normalized spacial score (nSPS) is 10.2. The van der Waals surface area contributed by atoms with Crippen LogP contribution >= 0.6 is 12.2 Å². The maximum atomic E-state index is 5.45. The van der Waals surface area contributed by atoms with E-state index in [0.717, 1.165) is 23.4 Å². The van der Waals surface area contributed by atoms with Gasteiger partial charge in [-0.3, -0.25) is 0 Å². The van der Waals surface area contributed by atoms with Crippen molar-refractivity contribution in [1.82, 2.24) is 0 Å². The first-order valence-electron chi connectivity index (χ1n) is 7.27. The number of thiocarbonyl (C=S) groups is 1. The largest absolute Gasteiger partial charge is 0.497 e. The standard InChI is InChI=1S/C18H21NOS/c1-3-4-6-14-9-11-16(12-10-14)19-18(21)15-7-5-8-17(13-15)20-2/h5,7-13H,3-4,6H2,1-2H3,(H,19,21). The van der Waals surface area contributed by atoms with Gasteiger partial charge >= 0.3 is 0 Å². The van der Waals surface area contributed by atoms with Crippen molar-refractivity contribution in [1.29, 1.82) is 0 Å². The first kappa shape index (κ1) is 15.5. The molecule has 0 heterocycles. The van der Waals surface area contributed by atoms with Crippen molar-refractivity contribution >= 4 is 22.9 Å². The summed E-state index contributed by atoms with van der Waals surface area (Å²) in [7, 11) is 1.66. The van der Waals surface area contributed by atoms with Crippen LogP contribution in [0.1, 0.15) is 30.9 Å². The van der Waals surface area contributed by atoms with Gasteiger partial charge in [-0.25, -0.2) is 0 Å². The molecule has 3 heteroatoms. The number of ether oxygens (including phenoxy) is 1. The number of unbranched alkanes of at least 4 members (excludes halogenated alkanes) is 1. The summed E-state index contributed by atoms with van der Waals surface area (Å²) < 4.78 is 5.22. The van der Waals surface area contributed by atoms with E-state index >= 15 is 0 Å². The molecule has 0 saturated heterocycles. The molecule has 0 saturated carbocycles. The molecule has 0 aromatic heterocycles. The molecule has 0 amide bonds. The van der Waals surface area contributed by atoms with Crippen LogP contribution in [0.2, 0.25) is 0 Å². The zero-order valence-corrected chi connectivity index (χ0v) is 13.4. The third-order valence-corrected chi connectivity index (χ3v) is 3.70. The number of hydrogen-bond acceptors (Lipinski definition) is 2. The molecule has 0 atom stereocenters. The van der Waals surface area contributed by atoms with Crippen molar-refractivity contribution in [3.05, 3.63) is 59.7 Å². The van der Waals surface area contributed by atoms with Gasteiger partial charge in [0.05, 0.1) is 7.11 Å². The first-order valence-corrected chi connectivity index (χ1v) is 7.68. The second-order valence-corrected chi connectivity index (χ2v) is 5.39. The average Bonchev–Trinajstić information content (AvgIpc) is 2.54. The summed E-state index contributed by atoms with van der Waals surface area (Å²) in [6.07, 6.45) is 3.59. The summed E-state index contributed by atoms with van der Waals surface area (Å²) in [4.78, 5) is 0.704. The molecule has 0 aliphatic heterocycles. The number of aryl methyl sites for hydroxylation is 1. The van der Waals surface area contributed by atoms with E-state index in [1.807, 2.05) is 24.3 Å². The number of anilines is 1. The Kier molecular flexibility index (Phi) is 5.76. The van der Waals surface area contributed by atoms with E-state index in [2.05, 4.69) is 36.5 Å². The second kappa shape index (κ2) is 7.79. The molecule has 21 heavy (non-hydrogen) atoms. The Morgan fingerprint density at radius 2 is 1.90 bits per heavy atom. The van der Waals surface area contributed by atoms with Gasteiger partial charge in [0.2, 0.25) is 0 Å². The van der Waals surface area contributed by atoms with Crippen LogP contribution in [0.25, 0.3) is 0 Å². The lowest BCUT2D eigenvalue weighted by Crippen LogP contribution is -2.10. The second-order valence-electron chi connectivity index (χ2n) is 4.99. The van der Waals surface area contributed by atoms with Gasteiger partial charge in [-0.2, -0.15) is 0 Å². The Morgan fingerprint density at radius 3 is 2.57 bits per heavy atom. The highest BCUT2D eigenvalue weighted by Crippen LogP contribution is 2.16. The lowest BCUT2D eigenvalue weighted by atomic mass is 10.1. The quantitative estimate of drug-likeness (QED) is 0.772. The fourth-order valence-corrected chi connectivity index (χ4v) is 2.35. The predicted molar refractivity (Wildman–Crippen MR) is 93.4 cm³/mol. The van der Waals surface area contributed by atoms with Crippen molar-refractivity contribution in [2.75, 3.05) is 12.4 Å². The van der Waals surface area contributed by atoms with Crippen LogP contribution in [-0.2, 0) is 6.42 Å². The van der Waals surface area contributed by atoms with Gasteiger partial charge in [-0.1, -0.05) is 49.8 Å². The van der Waals surface area contributed by atoms with Gasteiger partial charge in [0.1, 0.15) is 10.7 Å². The summed E-state index contributed by atoms with van der Waals surface area (Å²) in [6.45, 7) is 2.21. The van der Waals surface area contributed by atoms with Gasteiger partial charge in [0, 0.05) is 11.3 Å². The van der Waals surface area contributed by atoms with E-state index in [-0.39, 0.29) is 0 Å². The molecule has 2 aromatic carbocycles. The van der Waals surface area contributed by atoms with Crippen molar-refractivity contribution in [2.24, 2.45) is 0 Å². The van der Waals surface area contributed by atoms with Crippen molar-refractivity contribution in [2.45, 2.75) is 26.2 Å². The van der Waals surface area contributed by atoms with E-state index in [4.69, 9.17) is 17.0 Å². The Balaban J connectivity index is 2.01. The fraction of sp³-hybridized carbons (Fsp3) is 0.278. The SMILES string of the molecule is CCCCc1ccc(NC(=S)c2cccc(OC)c2)cc1. The minimum absolute atomic E-state index is 0.704. The molecule has 2 rings (SSSR count). The van der Waals surface area contributed by atoms with E-state index < -0.39 is 0 Å². The predicted octanol–water partition coefficient (Wildman–Crippen LogP) is 4.83. The highest BCUT2D eigenvalue weighted by atomic mass is 32.1. The first-order chi connectivity index (χ1) is 10.2. The third kappa shape index (κ3) is 4.57. The molecule has 0 spiro atoms. The number of benzene rings is 2. The zero-order valence-electron chi connectivity index (χ0n) is 12.6. The number of hydrogen-bond donors (Lipinski definition) is 1. The van der Waals surface area contributed by atoms with Gasteiger partial charge < -0.3 is 10.1 Å². The minimum Gasteiger partial charge on any atom is -0.497 e. The molecular weight excluding hydrogens is 278 g/mol. The molecule has 0 fully saturated rings. The smallest absolute Gasteiger partial charge is 0.119 e. The van der Waals surface area contributed by atoms with Crippen LogP contribution in [0.15, 0.2) is 48.5 Å². The maximum Gasteiger partial charge on any atom is 0.119 e. The summed E-state index contributed by atoms with van der Waals surface area (Å²) in [6, 6.07) is 16.2. The zero-order chi connectivity index (χ0) is 15.1. The average molecular weight is 299 g/mol. The van der Waals surface area contributed by atoms with Crippen LogP contribution in [0.4, 0.5) is 5.69 Å². The summed E-state index contributed by atoms with van der Waals surface area (Å²) in [5.74, 6) is 0.812. The number of rotatable bonds is 6. The van der Waals surface area contributed by atoms with E-state index in [9.17, 15) is 0 Å². The molecule has 0 bridgehead atoms. The number of nitrogens with one attached hydrogen (secondary N) is 1. The Bertz CT molecular complexity index is 592. The molecule has 2 aromatic rings. The van der Waals surface area contributed by atoms with Gasteiger partial charge in [0.25, 0.3) is 0 Å². The fourth-order valence-electron chi connectivity index (χ4n) is 2.10. The molecule has 1 N–H and O–H groups in total. The maximum absolute atomic E-state index is 5.45. The highest BCUT2D eigenvalue weighted by molar-refractivity contribution is 7.81. The molecule has 110 valence electrons. The van der Waals surface area contributed by atoms with Crippen molar-refractivity contribution in [3.63, 3.8) is 0 Å². The van der Waals surface area contributed by atoms with Crippen LogP contribution in [0, 0.1) is 0 Å². The van der Waals surface area contributed by atoms with Gasteiger partial charge in [-0.05, 0) is 42.7 Å². The van der Waals surface area contributed by atoms with Gasteiger partial charge in [-0.15, -0.1) is 0 Å². The molecule has 0 aliphatic carbocycles. The van der Waals surface area contributed by atoms with Crippen molar-refractivity contribution < 1.29 is 4.74 Å². The van der Waals surface area contributed by atoms with Gasteiger partial charge in [0.15, 0.2) is 0 Å². The van der Waals surface area contributed by atoms with E-state index in [1.54, 1.807) is 7.11 Å². The number of methoxy groups -OCH3 is 1. The minimum atomic E-state index is 0.704. The molecule has 0 radical (unpaired) electrons. The third-order valence-electron chi connectivity index (χ3n) is 3.36. The molecule has 2 nitrogen and oxygen atoms in total. The lowest BCUT2D eigenvalue weighted by Gasteiger charge is -2.10. The van der Waals surface area contributed by atoms with E-state index in [0.29, 0.717) is 4.99 Å². The summed E-state index contributed by atoms with van der Waals surface area (Å²) >= 11 is 5.45. The van der Waals surface area contributed by atoms with E-state index in [1.165, 1.54) is 18.4 Å². The van der Waals surface area contributed by atoms with Crippen LogP contribution in [0.3, 0.4) is 0 Å².